The first-order valence-electron chi connectivity index (χ1n) is 8.85. The Hall–Kier alpha value is -1.26. The number of nitrogens with two attached hydrogens (primary N) is 1. The Morgan fingerprint density at radius 1 is 1.17 bits per heavy atom. The number of amides is 1. The highest BCUT2D eigenvalue weighted by Crippen LogP contribution is 2.48. The first-order chi connectivity index (χ1) is 11.2. The summed E-state index contributed by atoms with van der Waals surface area (Å²) in [5.41, 5.74) is 7.65. The Morgan fingerprint density at radius 2 is 1.88 bits per heavy atom. The third kappa shape index (κ3) is 2.91. The van der Waals surface area contributed by atoms with Crippen LogP contribution in [0.1, 0.15) is 37.2 Å². The molecule has 5 heteroatoms. The Balaban J connectivity index is 0.00000169. The van der Waals surface area contributed by atoms with Crippen LogP contribution in [0.2, 0.25) is 0 Å². The van der Waals surface area contributed by atoms with Gasteiger partial charge in [0.2, 0.25) is 5.91 Å². The van der Waals surface area contributed by atoms with E-state index in [4.69, 9.17) is 10.5 Å². The van der Waals surface area contributed by atoms with E-state index in [-0.39, 0.29) is 24.4 Å². The number of ether oxygens (including phenoxy) is 1. The average molecular weight is 351 g/mol. The van der Waals surface area contributed by atoms with E-state index in [0.717, 1.165) is 25.3 Å². The molecule has 132 valence electrons. The Morgan fingerprint density at radius 3 is 2.50 bits per heavy atom. The maximum Gasteiger partial charge on any atom is 0.227 e. The summed E-state index contributed by atoms with van der Waals surface area (Å²) in [4.78, 5) is 15.0. The summed E-state index contributed by atoms with van der Waals surface area (Å²) in [6.07, 6.45) is 4.65. The minimum Gasteiger partial charge on any atom is -0.497 e. The van der Waals surface area contributed by atoms with Crippen molar-refractivity contribution in [2.75, 3.05) is 20.2 Å². The minimum absolute atomic E-state index is 0. The summed E-state index contributed by atoms with van der Waals surface area (Å²) >= 11 is 0. The number of fused-ring (bicyclic) bond motifs is 2. The fourth-order valence-corrected chi connectivity index (χ4v) is 5.02. The molecule has 1 saturated heterocycles. The standard InChI is InChI=1S/C19H26N2O2.ClH/c1-23-16-6-4-12(5-7-16)15-8-9-21(11-15)19(22)17-13-2-3-14(10-13)18(17)20;/h4-7,13-15,17-18H,2-3,8-11,20H2,1H3;1H. The van der Waals surface area contributed by atoms with Crippen molar-refractivity contribution in [3.05, 3.63) is 29.8 Å². The molecule has 5 unspecified atom stereocenters. The number of hydrogen-bond donors (Lipinski definition) is 1. The molecule has 3 aliphatic rings. The topological polar surface area (TPSA) is 55.6 Å². The molecule has 2 aliphatic carbocycles. The average Bonchev–Trinajstić information content (AvgIpc) is 3.30. The summed E-state index contributed by atoms with van der Waals surface area (Å²) in [5, 5.41) is 0. The number of benzene rings is 1. The first-order valence-corrected chi connectivity index (χ1v) is 8.85. The molecule has 1 heterocycles. The minimum atomic E-state index is 0. The van der Waals surface area contributed by atoms with Gasteiger partial charge in [-0.05, 0) is 55.2 Å². The highest BCUT2D eigenvalue weighted by Gasteiger charge is 2.50. The quantitative estimate of drug-likeness (QED) is 0.912. The highest BCUT2D eigenvalue weighted by molar-refractivity contribution is 5.85. The van der Waals surface area contributed by atoms with Gasteiger partial charge in [-0.15, -0.1) is 12.4 Å². The summed E-state index contributed by atoms with van der Waals surface area (Å²) in [6, 6.07) is 8.36. The van der Waals surface area contributed by atoms with Gasteiger partial charge >= 0.3 is 0 Å². The van der Waals surface area contributed by atoms with Crippen molar-refractivity contribution >= 4 is 18.3 Å². The normalized spacial score (nSPS) is 34.2. The van der Waals surface area contributed by atoms with E-state index >= 15 is 0 Å². The van der Waals surface area contributed by atoms with Gasteiger partial charge in [0.25, 0.3) is 0 Å². The van der Waals surface area contributed by atoms with Gasteiger partial charge in [-0.25, -0.2) is 0 Å². The van der Waals surface area contributed by atoms with Crippen LogP contribution in [0.25, 0.3) is 0 Å². The van der Waals surface area contributed by atoms with E-state index < -0.39 is 0 Å². The van der Waals surface area contributed by atoms with Gasteiger partial charge in [-0.3, -0.25) is 4.79 Å². The van der Waals surface area contributed by atoms with E-state index in [2.05, 4.69) is 17.0 Å². The van der Waals surface area contributed by atoms with Gasteiger partial charge in [0.05, 0.1) is 13.0 Å². The van der Waals surface area contributed by atoms with Gasteiger partial charge in [0, 0.05) is 25.0 Å². The number of halogens is 1. The third-order valence-electron chi connectivity index (χ3n) is 6.35. The lowest BCUT2D eigenvalue weighted by Gasteiger charge is -2.30. The summed E-state index contributed by atoms with van der Waals surface area (Å²) in [7, 11) is 1.68. The van der Waals surface area contributed by atoms with Gasteiger partial charge in [-0.2, -0.15) is 0 Å². The molecular weight excluding hydrogens is 324 g/mol. The van der Waals surface area contributed by atoms with Crippen LogP contribution in [-0.2, 0) is 4.79 Å². The van der Waals surface area contributed by atoms with E-state index in [9.17, 15) is 4.79 Å². The fraction of sp³-hybridized carbons (Fsp3) is 0.632. The van der Waals surface area contributed by atoms with Crippen molar-refractivity contribution in [2.45, 2.75) is 37.6 Å². The zero-order valence-electron chi connectivity index (χ0n) is 14.2. The van der Waals surface area contributed by atoms with Crippen molar-refractivity contribution in [3.8, 4) is 5.75 Å². The molecule has 2 bridgehead atoms. The van der Waals surface area contributed by atoms with Crippen LogP contribution >= 0.6 is 12.4 Å². The molecule has 3 fully saturated rings. The van der Waals surface area contributed by atoms with Crippen molar-refractivity contribution in [3.63, 3.8) is 0 Å². The number of likely N-dealkylation sites (tertiary alicyclic amines) is 1. The van der Waals surface area contributed by atoms with Crippen LogP contribution in [-0.4, -0.2) is 37.0 Å². The highest BCUT2D eigenvalue weighted by atomic mass is 35.5. The molecule has 0 spiro atoms. The van der Waals surface area contributed by atoms with Gasteiger partial charge in [0.15, 0.2) is 0 Å². The number of carbonyl (C=O) groups excluding carboxylic acids is 1. The van der Waals surface area contributed by atoms with Crippen molar-refractivity contribution in [2.24, 2.45) is 23.5 Å². The molecule has 1 aromatic rings. The smallest absolute Gasteiger partial charge is 0.227 e. The molecule has 2 N–H and O–H groups in total. The summed E-state index contributed by atoms with van der Waals surface area (Å²) in [6.45, 7) is 1.71. The molecule has 24 heavy (non-hydrogen) atoms. The molecular formula is C19H27ClN2O2. The largest absolute Gasteiger partial charge is 0.497 e. The molecule has 0 radical (unpaired) electrons. The molecule has 1 aliphatic heterocycles. The molecule has 2 saturated carbocycles. The predicted molar refractivity (Wildman–Crippen MR) is 96.5 cm³/mol. The lowest BCUT2D eigenvalue weighted by molar-refractivity contribution is -0.136. The molecule has 5 atom stereocenters. The summed E-state index contributed by atoms with van der Waals surface area (Å²) in [5.74, 6) is 2.87. The van der Waals surface area contributed by atoms with Crippen LogP contribution in [0, 0.1) is 17.8 Å². The number of carbonyl (C=O) groups is 1. The second kappa shape index (κ2) is 6.93. The zero-order chi connectivity index (χ0) is 16.0. The van der Waals surface area contributed by atoms with E-state index in [1.165, 1.54) is 24.8 Å². The van der Waals surface area contributed by atoms with Crippen LogP contribution < -0.4 is 10.5 Å². The Bertz CT molecular complexity index is 590. The molecule has 4 nitrogen and oxygen atoms in total. The third-order valence-corrected chi connectivity index (χ3v) is 6.35. The van der Waals surface area contributed by atoms with Gasteiger partial charge in [-0.1, -0.05) is 12.1 Å². The van der Waals surface area contributed by atoms with Gasteiger partial charge < -0.3 is 15.4 Å². The van der Waals surface area contributed by atoms with E-state index in [1.807, 2.05) is 12.1 Å². The molecule has 1 aromatic carbocycles. The first kappa shape index (κ1) is 17.6. The second-order valence-electron chi connectivity index (χ2n) is 7.48. The molecule has 4 rings (SSSR count). The molecule has 1 amide bonds. The number of hydrogen-bond acceptors (Lipinski definition) is 3. The number of nitrogens with zero attached hydrogens (tertiary/aromatic N) is 1. The lowest BCUT2D eigenvalue weighted by Crippen LogP contribution is -2.46. The maximum absolute atomic E-state index is 13.0. The number of rotatable bonds is 3. The monoisotopic (exact) mass is 350 g/mol. The predicted octanol–water partition coefficient (Wildman–Crippen LogP) is 2.81. The SMILES string of the molecule is COc1ccc(C2CCN(C(=O)C3C4CCC(C4)C3N)C2)cc1.Cl. The van der Waals surface area contributed by atoms with Crippen LogP contribution in [0.4, 0.5) is 0 Å². The van der Waals surface area contributed by atoms with Crippen LogP contribution in [0.15, 0.2) is 24.3 Å². The van der Waals surface area contributed by atoms with Crippen LogP contribution in [0.5, 0.6) is 5.75 Å². The Kier molecular flexibility index (Phi) is 5.07. The van der Waals surface area contributed by atoms with Crippen molar-refractivity contribution < 1.29 is 9.53 Å². The van der Waals surface area contributed by atoms with E-state index in [1.54, 1.807) is 7.11 Å². The number of methoxy groups -OCH3 is 1. The maximum atomic E-state index is 13.0. The second-order valence-corrected chi connectivity index (χ2v) is 7.48. The van der Waals surface area contributed by atoms with Crippen LogP contribution in [0.3, 0.4) is 0 Å². The lowest BCUT2D eigenvalue weighted by atomic mass is 9.84. The zero-order valence-corrected chi connectivity index (χ0v) is 15.0. The summed E-state index contributed by atoms with van der Waals surface area (Å²) < 4.78 is 5.22. The molecule has 0 aromatic heterocycles. The van der Waals surface area contributed by atoms with Crippen molar-refractivity contribution in [1.29, 1.82) is 0 Å². The van der Waals surface area contributed by atoms with Crippen molar-refractivity contribution in [1.82, 2.24) is 4.90 Å². The fourth-order valence-electron chi connectivity index (χ4n) is 5.02. The Labute approximate surface area is 150 Å². The van der Waals surface area contributed by atoms with E-state index in [0.29, 0.717) is 23.7 Å². The van der Waals surface area contributed by atoms with Gasteiger partial charge in [0.1, 0.15) is 5.75 Å².